The number of hydrogen-bond acceptors (Lipinski definition) is 3. The van der Waals surface area contributed by atoms with Crippen molar-refractivity contribution < 1.29 is 9.53 Å². The van der Waals surface area contributed by atoms with E-state index in [-0.39, 0.29) is 6.54 Å². The van der Waals surface area contributed by atoms with Crippen LogP contribution in [-0.4, -0.2) is 12.6 Å². The van der Waals surface area contributed by atoms with Crippen LogP contribution in [0.3, 0.4) is 0 Å². The predicted molar refractivity (Wildman–Crippen MR) is 58.9 cm³/mol. The van der Waals surface area contributed by atoms with Gasteiger partial charge in [0.2, 0.25) is 0 Å². The Morgan fingerprint density at radius 1 is 1.47 bits per heavy atom. The summed E-state index contributed by atoms with van der Waals surface area (Å²) in [5, 5.41) is 0.691. The van der Waals surface area contributed by atoms with Crippen molar-refractivity contribution in [3.05, 3.63) is 33.8 Å². The van der Waals surface area contributed by atoms with Gasteiger partial charge >= 0.3 is 6.09 Å². The molecule has 0 radical (unpaired) electrons. The van der Waals surface area contributed by atoms with Crippen LogP contribution >= 0.6 is 23.2 Å². The molecule has 1 atom stereocenters. The zero-order valence-electron chi connectivity index (χ0n) is 7.74. The highest BCUT2D eigenvalue weighted by atomic mass is 35.5. The monoisotopic (exact) mass is 248 g/mol. The Hall–Kier alpha value is -0.970. The Bertz CT molecular complexity index is 371. The molecule has 0 bridgehead atoms. The molecule has 4 N–H and O–H groups in total. The van der Waals surface area contributed by atoms with E-state index in [1.807, 2.05) is 0 Å². The van der Waals surface area contributed by atoms with Gasteiger partial charge in [0.05, 0.1) is 10.0 Å². The van der Waals surface area contributed by atoms with Gasteiger partial charge in [-0.2, -0.15) is 0 Å². The molecule has 1 aromatic carbocycles. The summed E-state index contributed by atoms with van der Waals surface area (Å²) in [6.45, 7) is 0.0863. The van der Waals surface area contributed by atoms with Crippen LogP contribution < -0.4 is 11.5 Å². The van der Waals surface area contributed by atoms with Crippen molar-refractivity contribution in [1.82, 2.24) is 0 Å². The van der Waals surface area contributed by atoms with E-state index in [1.165, 1.54) is 0 Å². The highest BCUT2D eigenvalue weighted by molar-refractivity contribution is 6.42. The van der Waals surface area contributed by atoms with Crippen molar-refractivity contribution in [2.75, 3.05) is 6.54 Å². The van der Waals surface area contributed by atoms with Gasteiger partial charge in [-0.05, 0) is 6.07 Å². The molecule has 0 heterocycles. The van der Waals surface area contributed by atoms with Gasteiger partial charge in [0, 0.05) is 12.1 Å². The topological polar surface area (TPSA) is 78.3 Å². The van der Waals surface area contributed by atoms with Gasteiger partial charge in [0.25, 0.3) is 0 Å². The van der Waals surface area contributed by atoms with Crippen LogP contribution in [-0.2, 0) is 4.74 Å². The Kier molecular flexibility index (Phi) is 4.20. The number of hydrogen-bond donors (Lipinski definition) is 2. The Balaban J connectivity index is 3.01. The van der Waals surface area contributed by atoms with Crippen LogP contribution in [0.1, 0.15) is 11.7 Å². The minimum atomic E-state index is -0.901. The molecule has 0 aliphatic heterocycles. The molecule has 82 valence electrons. The molecular formula is C9H10Cl2N2O2. The van der Waals surface area contributed by atoms with Crippen LogP contribution in [0.5, 0.6) is 0 Å². The molecule has 15 heavy (non-hydrogen) atoms. The van der Waals surface area contributed by atoms with E-state index in [0.717, 1.165) is 0 Å². The van der Waals surface area contributed by atoms with E-state index in [0.29, 0.717) is 15.6 Å². The second kappa shape index (κ2) is 5.21. The van der Waals surface area contributed by atoms with E-state index in [2.05, 4.69) is 0 Å². The maximum absolute atomic E-state index is 10.6. The zero-order valence-corrected chi connectivity index (χ0v) is 9.26. The normalized spacial score (nSPS) is 12.2. The quantitative estimate of drug-likeness (QED) is 0.860. The number of ether oxygens (including phenoxy) is 1. The summed E-state index contributed by atoms with van der Waals surface area (Å²) in [5.74, 6) is 0. The van der Waals surface area contributed by atoms with Crippen LogP contribution in [0.15, 0.2) is 18.2 Å². The first-order valence-electron chi connectivity index (χ1n) is 4.16. The maximum Gasteiger partial charge on any atom is 0.405 e. The Labute approximate surface area is 97.1 Å². The third-order valence-corrected chi connectivity index (χ3v) is 2.63. The molecule has 0 aromatic heterocycles. The summed E-state index contributed by atoms with van der Waals surface area (Å²) >= 11 is 11.7. The van der Waals surface area contributed by atoms with Gasteiger partial charge in [-0.25, -0.2) is 4.79 Å². The summed E-state index contributed by atoms with van der Waals surface area (Å²) < 4.78 is 4.79. The van der Waals surface area contributed by atoms with E-state index in [1.54, 1.807) is 18.2 Å². The molecule has 1 rings (SSSR count). The highest BCUT2D eigenvalue weighted by Crippen LogP contribution is 2.31. The number of halogens is 2. The first kappa shape index (κ1) is 12.1. The molecule has 0 spiro atoms. The lowest BCUT2D eigenvalue weighted by molar-refractivity contribution is 0.111. The van der Waals surface area contributed by atoms with Gasteiger partial charge in [-0.15, -0.1) is 0 Å². The van der Waals surface area contributed by atoms with Crippen molar-refractivity contribution in [2.24, 2.45) is 11.5 Å². The first-order chi connectivity index (χ1) is 7.06. The molecule has 0 saturated heterocycles. The first-order valence-corrected chi connectivity index (χ1v) is 4.92. The summed E-state index contributed by atoms with van der Waals surface area (Å²) in [5.41, 5.74) is 10.9. The fourth-order valence-electron chi connectivity index (χ4n) is 1.15. The predicted octanol–water partition coefficient (Wildman–Crippen LogP) is 2.09. The van der Waals surface area contributed by atoms with Gasteiger partial charge < -0.3 is 16.2 Å². The van der Waals surface area contributed by atoms with Crippen LogP contribution in [0.25, 0.3) is 0 Å². The number of primary amides is 1. The smallest absolute Gasteiger partial charge is 0.405 e. The average molecular weight is 249 g/mol. The average Bonchev–Trinajstić information content (AvgIpc) is 2.19. The van der Waals surface area contributed by atoms with Gasteiger partial charge in [-0.1, -0.05) is 35.3 Å². The molecule has 0 aliphatic carbocycles. The van der Waals surface area contributed by atoms with E-state index in [9.17, 15) is 4.79 Å². The van der Waals surface area contributed by atoms with E-state index >= 15 is 0 Å². The Morgan fingerprint density at radius 3 is 2.67 bits per heavy atom. The van der Waals surface area contributed by atoms with Crippen molar-refractivity contribution in [3.8, 4) is 0 Å². The second-order valence-corrected chi connectivity index (χ2v) is 3.59. The molecular weight excluding hydrogens is 239 g/mol. The molecule has 0 saturated carbocycles. The third-order valence-electron chi connectivity index (χ3n) is 1.80. The van der Waals surface area contributed by atoms with Crippen molar-refractivity contribution in [2.45, 2.75) is 6.10 Å². The van der Waals surface area contributed by atoms with Crippen molar-refractivity contribution in [1.29, 1.82) is 0 Å². The van der Waals surface area contributed by atoms with Crippen LogP contribution in [0, 0.1) is 0 Å². The lowest BCUT2D eigenvalue weighted by Crippen LogP contribution is -2.23. The third kappa shape index (κ3) is 2.99. The van der Waals surface area contributed by atoms with Crippen molar-refractivity contribution in [3.63, 3.8) is 0 Å². The number of benzene rings is 1. The number of rotatable bonds is 3. The largest absolute Gasteiger partial charge is 0.440 e. The molecule has 0 aliphatic rings. The Morgan fingerprint density at radius 2 is 2.13 bits per heavy atom. The van der Waals surface area contributed by atoms with Crippen LogP contribution in [0.2, 0.25) is 10.0 Å². The minimum Gasteiger partial charge on any atom is -0.440 e. The van der Waals surface area contributed by atoms with Gasteiger partial charge in [0.15, 0.2) is 0 Å². The summed E-state index contributed by atoms with van der Waals surface area (Å²) in [7, 11) is 0. The number of nitrogens with two attached hydrogens (primary N) is 2. The van der Waals surface area contributed by atoms with E-state index in [4.69, 9.17) is 39.4 Å². The molecule has 0 unspecified atom stereocenters. The molecule has 0 fully saturated rings. The molecule has 4 nitrogen and oxygen atoms in total. The number of carbonyl (C=O) groups excluding carboxylic acids is 1. The van der Waals surface area contributed by atoms with Gasteiger partial charge in [-0.3, -0.25) is 0 Å². The summed E-state index contributed by atoms with van der Waals surface area (Å²) in [6, 6.07) is 5.00. The molecule has 1 amide bonds. The highest BCUT2D eigenvalue weighted by Gasteiger charge is 2.17. The maximum atomic E-state index is 10.6. The van der Waals surface area contributed by atoms with Crippen molar-refractivity contribution >= 4 is 29.3 Å². The molecule has 6 heteroatoms. The second-order valence-electron chi connectivity index (χ2n) is 2.80. The fraction of sp³-hybridized carbons (Fsp3) is 0.222. The SMILES string of the molecule is NC[C@H](OC(N)=O)c1cccc(Cl)c1Cl. The number of carbonyl (C=O) groups is 1. The fourth-order valence-corrected chi connectivity index (χ4v) is 1.58. The number of amides is 1. The van der Waals surface area contributed by atoms with Gasteiger partial charge in [0.1, 0.15) is 6.10 Å². The minimum absolute atomic E-state index is 0.0863. The molecule has 1 aromatic rings. The summed E-state index contributed by atoms with van der Waals surface area (Å²) in [4.78, 5) is 10.6. The lowest BCUT2D eigenvalue weighted by Gasteiger charge is -2.16. The lowest BCUT2D eigenvalue weighted by atomic mass is 10.1. The summed E-state index contributed by atoms with van der Waals surface area (Å²) in [6.07, 6.45) is -1.57. The van der Waals surface area contributed by atoms with Crippen LogP contribution in [0.4, 0.5) is 4.79 Å². The standard InChI is InChI=1S/C9H10Cl2N2O2/c10-6-3-1-2-5(8(6)11)7(4-12)15-9(13)14/h1-3,7H,4,12H2,(H2,13,14)/t7-/m0/s1. The van der Waals surface area contributed by atoms with E-state index < -0.39 is 12.2 Å². The zero-order chi connectivity index (χ0) is 11.4.